The maximum Gasteiger partial charge on any atom is 0.191 e. The van der Waals surface area contributed by atoms with Crippen molar-refractivity contribution in [1.29, 1.82) is 0 Å². The highest BCUT2D eigenvalue weighted by atomic mass is 16.5. The highest BCUT2D eigenvalue weighted by Gasteiger charge is 2.09. The molecule has 8 nitrogen and oxygen atoms in total. The van der Waals surface area contributed by atoms with Crippen LogP contribution in [0, 0.1) is 13.8 Å². The molecule has 0 saturated carbocycles. The van der Waals surface area contributed by atoms with Gasteiger partial charge in [0.2, 0.25) is 0 Å². The summed E-state index contributed by atoms with van der Waals surface area (Å²) in [6.45, 7) is 12.3. The van der Waals surface area contributed by atoms with Crippen LogP contribution < -0.4 is 10.6 Å². The fourth-order valence-corrected chi connectivity index (χ4v) is 3.58. The normalized spacial score (nSPS) is 15.5. The zero-order chi connectivity index (χ0) is 21.0. The first kappa shape index (κ1) is 22.4. The summed E-state index contributed by atoms with van der Waals surface area (Å²) in [5.41, 5.74) is 2.27. The van der Waals surface area contributed by atoms with Crippen molar-refractivity contribution in [2.75, 3.05) is 52.5 Å². The number of ether oxygens (including phenoxy) is 1. The van der Waals surface area contributed by atoms with Gasteiger partial charge in [-0.05, 0) is 51.4 Å². The van der Waals surface area contributed by atoms with Crippen LogP contribution in [0.2, 0.25) is 0 Å². The highest BCUT2D eigenvalue weighted by molar-refractivity contribution is 5.79. The summed E-state index contributed by atoms with van der Waals surface area (Å²) in [5, 5.41) is 11.4. The summed E-state index contributed by atoms with van der Waals surface area (Å²) >= 11 is 0. The molecular weight excluding hydrogens is 380 g/mol. The Morgan fingerprint density at radius 3 is 2.70 bits per heavy atom. The number of nitrogens with one attached hydrogen (secondary N) is 2. The number of aromatic nitrogens is 2. The molecule has 8 heteroatoms. The maximum absolute atomic E-state index is 5.42. The van der Waals surface area contributed by atoms with Crippen molar-refractivity contribution in [3.05, 3.63) is 41.6 Å². The van der Waals surface area contributed by atoms with E-state index in [1.54, 1.807) is 6.26 Å². The van der Waals surface area contributed by atoms with Crippen LogP contribution >= 0.6 is 0 Å². The van der Waals surface area contributed by atoms with Gasteiger partial charge in [0.05, 0.1) is 25.2 Å². The molecule has 0 aromatic carbocycles. The third-order valence-electron chi connectivity index (χ3n) is 5.19. The van der Waals surface area contributed by atoms with Crippen molar-refractivity contribution >= 4 is 5.96 Å². The average molecular weight is 417 g/mol. The number of morpholine rings is 1. The minimum Gasteiger partial charge on any atom is -0.469 e. The van der Waals surface area contributed by atoms with Crippen LogP contribution in [0.1, 0.15) is 30.0 Å². The number of nitrogens with zero attached hydrogens (tertiary/aromatic N) is 4. The van der Waals surface area contributed by atoms with Gasteiger partial charge in [0.15, 0.2) is 5.96 Å². The SMILES string of the molecule is Cc1cc(C)n(CCCN=C(NCCCN2CCOCC2)NCCc2ccco2)n1. The first-order chi connectivity index (χ1) is 14.7. The van der Waals surface area contributed by atoms with Crippen molar-refractivity contribution in [1.82, 2.24) is 25.3 Å². The Hall–Kier alpha value is -2.32. The average Bonchev–Trinajstić information content (AvgIpc) is 3.38. The summed E-state index contributed by atoms with van der Waals surface area (Å²) in [6.07, 6.45) is 4.60. The number of aliphatic imine (C=N–C) groups is 1. The van der Waals surface area contributed by atoms with E-state index in [9.17, 15) is 0 Å². The van der Waals surface area contributed by atoms with Gasteiger partial charge >= 0.3 is 0 Å². The zero-order valence-corrected chi connectivity index (χ0v) is 18.4. The summed E-state index contributed by atoms with van der Waals surface area (Å²) in [6, 6.07) is 6.04. The van der Waals surface area contributed by atoms with Crippen LogP contribution in [-0.2, 0) is 17.7 Å². The molecule has 3 heterocycles. The van der Waals surface area contributed by atoms with Crippen LogP contribution in [0.25, 0.3) is 0 Å². The van der Waals surface area contributed by atoms with E-state index in [0.717, 1.165) is 95.7 Å². The molecule has 1 aliphatic rings. The van der Waals surface area contributed by atoms with Gasteiger partial charge < -0.3 is 19.8 Å². The second kappa shape index (κ2) is 12.4. The predicted molar refractivity (Wildman–Crippen MR) is 119 cm³/mol. The first-order valence-electron chi connectivity index (χ1n) is 11.1. The van der Waals surface area contributed by atoms with Crippen molar-refractivity contribution in [2.45, 2.75) is 39.7 Å². The van der Waals surface area contributed by atoms with Gasteiger partial charge in [-0.25, -0.2) is 0 Å². The van der Waals surface area contributed by atoms with E-state index in [-0.39, 0.29) is 0 Å². The van der Waals surface area contributed by atoms with Crippen LogP contribution in [0.5, 0.6) is 0 Å². The van der Waals surface area contributed by atoms with Gasteiger partial charge in [-0.3, -0.25) is 14.6 Å². The van der Waals surface area contributed by atoms with E-state index in [1.165, 1.54) is 5.69 Å². The highest BCUT2D eigenvalue weighted by Crippen LogP contribution is 2.03. The van der Waals surface area contributed by atoms with E-state index >= 15 is 0 Å². The van der Waals surface area contributed by atoms with E-state index in [4.69, 9.17) is 14.1 Å². The molecule has 1 aliphatic heterocycles. The van der Waals surface area contributed by atoms with Gasteiger partial charge in [-0.15, -0.1) is 0 Å². The Bertz CT molecular complexity index is 750. The first-order valence-corrected chi connectivity index (χ1v) is 11.1. The standard InChI is InChI=1S/C22H36N6O2/c1-19-18-20(2)28(26-19)12-5-9-24-22(25-10-7-21-6-3-15-30-21)23-8-4-11-27-13-16-29-17-14-27/h3,6,15,18H,4-5,7-14,16-17H2,1-2H3,(H2,23,24,25). The molecule has 0 unspecified atom stereocenters. The Kier molecular flexibility index (Phi) is 9.24. The molecule has 1 fully saturated rings. The Balaban J connectivity index is 1.40. The van der Waals surface area contributed by atoms with Crippen molar-refractivity contribution in [3.63, 3.8) is 0 Å². The fraction of sp³-hybridized carbons (Fsp3) is 0.636. The number of hydrogen-bond donors (Lipinski definition) is 2. The molecule has 1 saturated heterocycles. The molecule has 2 aromatic heterocycles. The molecule has 3 rings (SSSR count). The lowest BCUT2D eigenvalue weighted by molar-refractivity contribution is 0.0376. The zero-order valence-electron chi connectivity index (χ0n) is 18.4. The van der Waals surface area contributed by atoms with Gasteiger partial charge in [-0.1, -0.05) is 0 Å². The number of guanidine groups is 1. The van der Waals surface area contributed by atoms with Gasteiger partial charge in [-0.2, -0.15) is 5.10 Å². The van der Waals surface area contributed by atoms with Crippen molar-refractivity contribution < 1.29 is 9.15 Å². The van der Waals surface area contributed by atoms with E-state index < -0.39 is 0 Å². The number of aryl methyl sites for hydroxylation is 3. The molecule has 2 N–H and O–H groups in total. The largest absolute Gasteiger partial charge is 0.469 e. The second-order valence-electron chi connectivity index (χ2n) is 7.72. The lowest BCUT2D eigenvalue weighted by Gasteiger charge is -2.26. The Labute approximate surface area is 179 Å². The lowest BCUT2D eigenvalue weighted by atomic mass is 10.3. The third kappa shape index (κ3) is 7.84. The van der Waals surface area contributed by atoms with E-state index in [2.05, 4.69) is 38.3 Å². The monoisotopic (exact) mass is 416 g/mol. The molecule has 0 amide bonds. The molecule has 0 atom stereocenters. The van der Waals surface area contributed by atoms with Crippen LogP contribution in [-0.4, -0.2) is 73.1 Å². The molecular formula is C22H36N6O2. The van der Waals surface area contributed by atoms with Gasteiger partial charge in [0.1, 0.15) is 5.76 Å². The number of rotatable bonds is 11. The molecule has 0 spiro atoms. The topological polar surface area (TPSA) is 79.9 Å². The molecule has 2 aromatic rings. The Morgan fingerprint density at radius 2 is 1.97 bits per heavy atom. The Morgan fingerprint density at radius 1 is 1.13 bits per heavy atom. The predicted octanol–water partition coefficient (Wildman–Crippen LogP) is 1.98. The lowest BCUT2D eigenvalue weighted by Crippen LogP contribution is -2.41. The summed E-state index contributed by atoms with van der Waals surface area (Å²) in [7, 11) is 0. The fourth-order valence-electron chi connectivity index (χ4n) is 3.58. The molecule has 0 aliphatic carbocycles. The molecule has 0 radical (unpaired) electrons. The number of hydrogen-bond acceptors (Lipinski definition) is 5. The minimum absolute atomic E-state index is 0.762. The van der Waals surface area contributed by atoms with Crippen molar-refractivity contribution in [3.8, 4) is 0 Å². The third-order valence-corrected chi connectivity index (χ3v) is 5.19. The molecule has 166 valence electrons. The quantitative estimate of drug-likeness (QED) is 0.331. The minimum atomic E-state index is 0.762. The van der Waals surface area contributed by atoms with Crippen LogP contribution in [0.15, 0.2) is 33.9 Å². The smallest absolute Gasteiger partial charge is 0.191 e. The summed E-state index contributed by atoms with van der Waals surface area (Å²) in [4.78, 5) is 7.23. The van der Waals surface area contributed by atoms with E-state index in [1.807, 2.05) is 19.1 Å². The summed E-state index contributed by atoms with van der Waals surface area (Å²) in [5.74, 6) is 1.86. The van der Waals surface area contributed by atoms with Crippen LogP contribution in [0.4, 0.5) is 0 Å². The van der Waals surface area contributed by atoms with E-state index in [0.29, 0.717) is 0 Å². The van der Waals surface area contributed by atoms with Gasteiger partial charge in [0, 0.05) is 51.4 Å². The maximum atomic E-state index is 5.42. The van der Waals surface area contributed by atoms with Crippen molar-refractivity contribution in [2.24, 2.45) is 4.99 Å². The number of furan rings is 1. The van der Waals surface area contributed by atoms with Gasteiger partial charge in [0.25, 0.3) is 0 Å². The second-order valence-corrected chi connectivity index (χ2v) is 7.72. The molecule has 0 bridgehead atoms. The molecule has 30 heavy (non-hydrogen) atoms. The van der Waals surface area contributed by atoms with Crippen LogP contribution in [0.3, 0.4) is 0 Å². The summed E-state index contributed by atoms with van der Waals surface area (Å²) < 4.78 is 12.9.